The second kappa shape index (κ2) is 11.9. The van der Waals surface area contributed by atoms with Crippen LogP contribution in [0.4, 0.5) is 0 Å². The molecule has 0 saturated heterocycles. The average Bonchev–Trinajstić information content (AvgIpc) is 2.65. The smallest absolute Gasteiger partial charge is 0.321 e. The minimum Gasteiger partial charge on any atom is -0.494 e. The molecule has 2 rings (SSSR count). The first kappa shape index (κ1) is 22.4. The molecule has 0 unspecified atom stereocenters. The lowest BCUT2D eigenvalue weighted by molar-refractivity contribution is 0.128. The number of ether oxygens (including phenoxy) is 1. The van der Waals surface area contributed by atoms with Gasteiger partial charge in [0.2, 0.25) is 0 Å². The van der Waals surface area contributed by atoms with Gasteiger partial charge in [-0.2, -0.15) is 0 Å². The monoisotopic (exact) mass is 392 g/mol. The Hall–Kier alpha value is -0.843. The van der Waals surface area contributed by atoms with Gasteiger partial charge in [0, 0.05) is 12.2 Å². The maximum atomic E-state index is 5.97. The summed E-state index contributed by atoms with van der Waals surface area (Å²) in [6, 6.07) is 9.83. The van der Waals surface area contributed by atoms with Crippen molar-refractivity contribution in [3.8, 4) is 5.75 Å². The summed E-state index contributed by atoms with van der Waals surface area (Å²) >= 11 is 0. The van der Waals surface area contributed by atoms with E-state index in [9.17, 15) is 0 Å². The first-order valence-electron chi connectivity index (χ1n) is 11.0. The predicted octanol–water partition coefficient (Wildman–Crippen LogP) is 6.21. The van der Waals surface area contributed by atoms with Crippen LogP contribution in [-0.2, 0) is 8.85 Å². The minimum atomic E-state index is -1.59. The first-order chi connectivity index (χ1) is 13.0. The van der Waals surface area contributed by atoms with E-state index in [4.69, 9.17) is 13.6 Å². The minimum absolute atomic E-state index is 0.237. The largest absolute Gasteiger partial charge is 0.494 e. The van der Waals surface area contributed by atoms with Crippen LogP contribution in [0.1, 0.15) is 84.6 Å². The molecule has 1 aliphatic carbocycles. The lowest BCUT2D eigenvalue weighted by atomic mass is 9.78. The SMILES string of the molecule is CCC1CCC(c2ccc(OCCC[SiH](OC(C)C)OC(C)C)cc2)CC1. The molecule has 0 aliphatic heterocycles. The molecule has 0 heterocycles. The molecule has 27 heavy (non-hydrogen) atoms. The van der Waals surface area contributed by atoms with Crippen molar-refractivity contribution < 1.29 is 13.6 Å². The molecule has 154 valence electrons. The van der Waals surface area contributed by atoms with Gasteiger partial charge in [-0.05, 0) is 95.4 Å². The fourth-order valence-corrected chi connectivity index (χ4v) is 6.01. The molecule has 0 bridgehead atoms. The zero-order valence-electron chi connectivity index (χ0n) is 18.1. The van der Waals surface area contributed by atoms with Crippen LogP contribution in [0.25, 0.3) is 0 Å². The Labute approximate surface area is 168 Å². The molecule has 0 aromatic heterocycles. The molecule has 1 fully saturated rings. The third-order valence-corrected chi connectivity index (χ3v) is 8.05. The summed E-state index contributed by atoms with van der Waals surface area (Å²) in [5, 5.41) is 0. The Morgan fingerprint density at radius 3 is 2.04 bits per heavy atom. The van der Waals surface area contributed by atoms with Crippen molar-refractivity contribution in [3.05, 3.63) is 29.8 Å². The van der Waals surface area contributed by atoms with Gasteiger partial charge in [0.05, 0.1) is 6.61 Å². The van der Waals surface area contributed by atoms with Gasteiger partial charge in [0.15, 0.2) is 0 Å². The van der Waals surface area contributed by atoms with Gasteiger partial charge in [-0.3, -0.25) is 0 Å². The molecule has 1 aromatic rings. The zero-order valence-corrected chi connectivity index (χ0v) is 19.2. The summed E-state index contributed by atoms with van der Waals surface area (Å²) in [5.74, 6) is 2.68. The predicted molar refractivity (Wildman–Crippen MR) is 116 cm³/mol. The van der Waals surface area contributed by atoms with E-state index >= 15 is 0 Å². The summed E-state index contributed by atoms with van der Waals surface area (Å²) in [4.78, 5) is 0. The van der Waals surface area contributed by atoms with Crippen LogP contribution in [-0.4, -0.2) is 28.1 Å². The van der Waals surface area contributed by atoms with Crippen LogP contribution in [0.2, 0.25) is 6.04 Å². The van der Waals surface area contributed by atoms with Crippen LogP contribution in [0.15, 0.2) is 24.3 Å². The van der Waals surface area contributed by atoms with E-state index in [1.807, 2.05) is 0 Å². The molecule has 1 aliphatic rings. The molecule has 0 N–H and O–H groups in total. The third-order valence-electron chi connectivity index (χ3n) is 5.48. The summed E-state index contributed by atoms with van der Waals surface area (Å²) in [6.07, 6.45) is 8.27. The molecule has 3 nitrogen and oxygen atoms in total. The molecule has 0 radical (unpaired) electrons. The normalized spacial score (nSPS) is 20.6. The third kappa shape index (κ3) is 8.37. The van der Waals surface area contributed by atoms with E-state index in [2.05, 4.69) is 58.9 Å². The van der Waals surface area contributed by atoms with Gasteiger partial charge in [-0.25, -0.2) is 0 Å². The zero-order chi connectivity index (χ0) is 19.6. The quantitative estimate of drug-likeness (QED) is 0.331. The first-order valence-corrected chi connectivity index (χ1v) is 12.8. The standard InChI is InChI=1S/C23H40O3Si/c1-6-20-8-10-21(11-9-20)22-12-14-23(15-13-22)24-16-7-17-27(25-18(2)3)26-19(4)5/h12-15,18-21,27H,6-11,16-17H2,1-5H3. The van der Waals surface area contributed by atoms with Gasteiger partial charge in [0.1, 0.15) is 5.75 Å². The number of rotatable bonds is 11. The second-order valence-corrected chi connectivity index (χ2v) is 10.5. The summed E-state index contributed by atoms with van der Waals surface area (Å²) < 4.78 is 17.9. The van der Waals surface area contributed by atoms with Crippen molar-refractivity contribution in [3.63, 3.8) is 0 Å². The van der Waals surface area contributed by atoms with Crippen LogP contribution >= 0.6 is 0 Å². The average molecular weight is 393 g/mol. The van der Waals surface area contributed by atoms with E-state index in [1.54, 1.807) is 0 Å². The Morgan fingerprint density at radius 1 is 0.926 bits per heavy atom. The van der Waals surface area contributed by atoms with Gasteiger partial charge in [-0.15, -0.1) is 0 Å². The van der Waals surface area contributed by atoms with E-state index in [0.29, 0.717) is 0 Å². The Balaban J connectivity index is 1.71. The fourth-order valence-electron chi connectivity index (χ4n) is 3.96. The lowest BCUT2D eigenvalue weighted by Crippen LogP contribution is -2.29. The second-order valence-electron chi connectivity index (χ2n) is 8.48. The van der Waals surface area contributed by atoms with E-state index in [-0.39, 0.29) is 12.2 Å². The number of benzene rings is 1. The Bertz CT molecular complexity index is 497. The van der Waals surface area contributed by atoms with Gasteiger partial charge >= 0.3 is 9.28 Å². The summed E-state index contributed by atoms with van der Waals surface area (Å²) in [7, 11) is -1.59. The highest BCUT2D eigenvalue weighted by Crippen LogP contribution is 2.37. The molecule has 1 aromatic carbocycles. The highest BCUT2D eigenvalue weighted by molar-refractivity contribution is 6.44. The van der Waals surface area contributed by atoms with E-state index in [1.165, 1.54) is 37.7 Å². The molecular weight excluding hydrogens is 352 g/mol. The Kier molecular flexibility index (Phi) is 9.87. The summed E-state index contributed by atoms with van der Waals surface area (Å²) in [5.41, 5.74) is 1.49. The number of hydrogen-bond donors (Lipinski definition) is 0. The molecule has 4 heteroatoms. The van der Waals surface area contributed by atoms with Crippen LogP contribution < -0.4 is 4.74 Å². The van der Waals surface area contributed by atoms with Crippen molar-refractivity contribution in [2.45, 2.75) is 97.3 Å². The highest BCUT2D eigenvalue weighted by atomic mass is 28.3. The molecular formula is C23H40O3Si. The van der Waals surface area contributed by atoms with E-state index in [0.717, 1.165) is 36.7 Å². The molecule has 0 spiro atoms. The van der Waals surface area contributed by atoms with Crippen LogP contribution in [0.3, 0.4) is 0 Å². The molecule has 1 saturated carbocycles. The van der Waals surface area contributed by atoms with Crippen molar-refractivity contribution in [1.29, 1.82) is 0 Å². The maximum absolute atomic E-state index is 5.97. The van der Waals surface area contributed by atoms with Crippen LogP contribution in [0.5, 0.6) is 5.75 Å². The van der Waals surface area contributed by atoms with E-state index < -0.39 is 9.28 Å². The highest BCUT2D eigenvalue weighted by Gasteiger charge is 2.21. The van der Waals surface area contributed by atoms with Crippen molar-refractivity contribution in [2.75, 3.05) is 6.61 Å². The van der Waals surface area contributed by atoms with Crippen LogP contribution in [0, 0.1) is 5.92 Å². The molecule has 0 amide bonds. The topological polar surface area (TPSA) is 27.7 Å². The van der Waals surface area contributed by atoms with Gasteiger partial charge < -0.3 is 13.6 Å². The van der Waals surface area contributed by atoms with Gasteiger partial charge in [0.25, 0.3) is 0 Å². The fraction of sp³-hybridized carbons (Fsp3) is 0.739. The van der Waals surface area contributed by atoms with Crippen molar-refractivity contribution >= 4 is 9.28 Å². The molecule has 0 atom stereocenters. The lowest BCUT2D eigenvalue weighted by Gasteiger charge is -2.28. The van der Waals surface area contributed by atoms with Gasteiger partial charge in [-0.1, -0.05) is 25.5 Å². The maximum Gasteiger partial charge on any atom is 0.321 e. The van der Waals surface area contributed by atoms with Crippen molar-refractivity contribution in [2.24, 2.45) is 5.92 Å². The summed E-state index contributed by atoms with van der Waals surface area (Å²) in [6.45, 7) is 11.4. The number of hydrogen-bond acceptors (Lipinski definition) is 3. The van der Waals surface area contributed by atoms with Crippen molar-refractivity contribution in [1.82, 2.24) is 0 Å². The Morgan fingerprint density at radius 2 is 1.52 bits per heavy atom.